The van der Waals surface area contributed by atoms with Gasteiger partial charge >= 0.3 is 0 Å². The van der Waals surface area contributed by atoms with Gasteiger partial charge < -0.3 is 15.3 Å². The molecule has 0 aromatic carbocycles. The van der Waals surface area contributed by atoms with E-state index in [0.717, 1.165) is 22.5 Å². The molecule has 5 nitrogen and oxygen atoms in total. The largest absolute Gasteiger partial charge is 0.443 e. The number of nitrogens with two attached hydrogens (primary N) is 1. The minimum Gasteiger partial charge on any atom is -0.443 e. The van der Waals surface area contributed by atoms with Gasteiger partial charge in [-0.05, 0) is 25.5 Å². The van der Waals surface area contributed by atoms with Gasteiger partial charge in [-0.25, -0.2) is 4.98 Å². The van der Waals surface area contributed by atoms with Crippen molar-refractivity contribution in [3.05, 3.63) is 17.1 Å². The van der Waals surface area contributed by atoms with E-state index >= 15 is 0 Å². The summed E-state index contributed by atoms with van der Waals surface area (Å²) in [7, 11) is 0. The maximum Gasteiger partial charge on any atom is 0.231 e. The second-order valence-corrected chi connectivity index (χ2v) is 5.82. The minimum atomic E-state index is 0.200. The van der Waals surface area contributed by atoms with Gasteiger partial charge in [-0.15, -0.1) is 0 Å². The van der Waals surface area contributed by atoms with Gasteiger partial charge in [0.2, 0.25) is 5.71 Å². The lowest BCUT2D eigenvalue weighted by atomic mass is 10.2. The Morgan fingerprint density at radius 2 is 2.11 bits per heavy atom. The highest BCUT2D eigenvalue weighted by atomic mass is 32.2. The summed E-state index contributed by atoms with van der Waals surface area (Å²) in [5, 5.41) is 9.79. The van der Waals surface area contributed by atoms with Crippen LogP contribution in [0, 0.1) is 19.8 Å². The van der Waals surface area contributed by atoms with E-state index in [1.807, 2.05) is 20.8 Å². The Morgan fingerprint density at radius 1 is 1.37 bits per heavy atom. The molecule has 1 unspecified atom stereocenters. The summed E-state index contributed by atoms with van der Waals surface area (Å²) in [6.07, 6.45) is 0. The number of aryl methyl sites for hydroxylation is 2. The Kier molecular flexibility index (Phi) is 4.31. The molecule has 0 saturated carbocycles. The van der Waals surface area contributed by atoms with E-state index in [0.29, 0.717) is 23.1 Å². The second kappa shape index (κ2) is 5.79. The van der Waals surface area contributed by atoms with E-state index < -0.39 is 0 Å². The first-order valence-electron chi connectivity index (χ1n) is 6.23. The summed E-state index contributed by atoms with van der Waals surface area (Å²) in [4.78, 5) is 8.72. The number of rotatable bonds is 5. The van der Waals surface area contributed by atoms with Crippen molar-refractivity contribution in [2.45, 2.75) is 26.5 Å². The number of thioether (sulfide) groups is 1. The van der Waals surface area contributed by atoms with Crippen molar-refractivity contribution >= 4 is 28.7 Å². The van der Waals surface area contributed by atoms with Crippen LogP contribution in [-0.4, -0.2) is 27.4 Å². The van der Waals surface area contributed by atoms with Crippen molar-refractivity contribution in [3.8, 4) is 0 Å². The standard InChI is InChI=1S/C13H19N3O2S/c1-7(4-17)5-19-6-10-15-12(14)11-8(2)9(3)18-13(11)16-10/h7,17H,4-6H2,1-3H3,(H2,14,15,16). The van der Waals surface area contributed by atoms with Crippen molar-refractivity contribution in [1.29, 1.82) is 0 Å². The highest BCUT2D eigenvalue weighted by Gasteiger charge is 2.14. The lowest BCUT2D eigenvalue weighted by Gasteiger charge is -2.06. The molecular formula is C13H19N3O2S. The van der Waals surface area contributed by atoms with E-state index in [-0.39, 0.29) is 12.5 Å². The van der Waals surface area contributed by atoms with Crippen LogP contribution in [0.1, 0.15) is 24.1 Å². The van der Waals surface area contributed by atoms with Gasteiger partial charge in [0, 0.05) is 12.2 Å². The topological polar surface area (TPSA) is 85.2 Å². The maximum atomic E-state index is 8.97. The third-order valence-electron chi connectivity index (χ3n) is 3.05. The van der Waals surface area contributed by atoms with Gasteiger partial charge in [0.25, 0.3) is 0 Å². The lowest BCUT2D eigenvalue weighted by molar-refractivity contribution is 0.250. The van der Waals surface area contributed by atoms with Crippen LogP contribution in [-0.2, 0) is 5.75 Å². The number of hydrogen-bond donors (Lipinski definition) is 2. The first-order chi connectivity index (χ1) is 9.02. The molecule has 0 spiro atoms. The number of fused-ring (bicyclic) bond motifs is 1. The Morgan fingerprint density at radius 3 is 2.79 bits per heavy atom. The van der Waals surface area contributed by atoms with Crippen LogP contribution in [0.15, 0.2) is 4.42 Å². The summed E-state index contributed by atoms with van der Waals surface area (Å²) in [5.41, 5.74) is 7.53. The van der Waals surface area contributed by atoms with Gasteiger partial charge in [0.15, 0.2) is 0 Å². The summed E-state index contributed by atoms with van der Waals surface area (Å²) in [6.45, 7) is 6.06. The van der Waals surface area contributed by atoms with Crippen LogP contribution in [0.2, 0.25) is 0 Å². The average Bonchev–Trinajstić information content (AvgIpc) is 2.65. The number of furan rings is 1. The molecule has 0 aliphatic carbocycles. The summed E-state index contributed by atoms with van der Waals surface area (Å²) in [6, 6.07) is 0. The SMILES string of the molecule is Cc1oc2nc(CSCC(C)CO)nc(N)c2c1C. The Bertz CT molecular complexity index is 583. The Hall–Kier alpha value is -1.27. The van der Waals surface area contributed by atoms with E-state index in [1.165, 1.54) is 0 Å². The Labute approximate surface area is 116 Å². The van der Waals surface area contributed by atoms with Gasteiger partial charge in [-0.3, -0.25) is 0 Å². The third kappa shape index (κ3) is 3.01. The number of aromatic nitrogens is 2. The van der Waals surface area contributed by atoms with Crippen LogP contribution in [0.5, 0.6) is 0 Å². The van der Waals surface area contributed by atoms with Crippen molar-refractivity contribution in [1.82, 2.24) is 9.97 Å². The molecular weight excluding hydrogens is 262 g/mol. The highest BCUT2D eigenvalue weighted by Crippen LogP contribution is 2.27. The zero-order valence-corrected chi connectivity index (χ0v) is 12.3. The minimum absolute atomic E-state index is 0.200. The van der Waals surface area contributed by atoms with E-state index in [9.17, 15) is 0 Å². The van der Waals surface area contributed by atoms with Crippen molar-refractivity contribution in [2.24, 2.45) is 5.92 Å². The fourth-order valence-corrected chi connectivity index (χ4v) is 2.73. The number of aliphatic hydroxyl groups excluding tert-OH is 1. The normalized spacial score (nSPS) is 13.1. The van der Waals surface area contributed by atoms with Gasteiger partial charge in [-0.1, -0.05) is 6.92 Å². The smallest absolute Gasteiger partial charge is 0.231 e. The van der Waals surface area contributed by atoms with Crippen LogP contribution in [0.25, 0.3) is 11.1 Å². The van der Waals surface area contributed by atoms with Crippen LogP contribution in [0.4, 0.5) is 5.82 Å². The Balaban J connectivity index is 2.17. The van der Waals surface area contributed by atoms with E-state index in [4.69, 9.17) is 15.3 Å². The molecule has 2 heterocycles. The zero-order valence-electron chi connectivity index (χ0n) is 11.4. The number of aliphatic hydroxyl groups is 1. The molecule has 1 atom stereocenters. The van der Waals surface area contributed by atoms with E-state index in [1.54, 1.807) is 11.8 Å². The number of hydrogen-bond acceptors (Lipinski definition) is 6. The fraction of sp³-hybridized carbons (Fsp3) is 0.538. The van der Waals surface area contributed by atoms with Gasteiger partial charge in [0.1, 0.15) is 17.4 Å². The molecule has 6 heteroatoms. The van der Waals surface area contributed by atoms with Gasteiger partial charge in [0.05, 0.1) is 11.1 Å². The lowest BCUT2D eigenvalue weighted by Crippen LogP contribution is -2.05. The average molecular weight is 281 g/mol. The molecule has 19 heavy (non-hydrogen) atoms. The van der Waals surface area contributed by atoms with E-state index in [2.05, 4.69) is 9.97 Å². The molecule has 0 fully saturated rings. The molecule has 2 aromatic rings. The highest BCUT2D eigenvalue weighted by molar-refractivity contribution is 7.98. The number of nitrogens with zero attached hydrogens (tertiary/aromatic N) is 2. The predicted molar refractivity (Wildman–Crippen MR) is 78.1 cm³/mol. The molecule has 0 aliphatic rings. The predicted octanol–water partition coefficient (Wildman–Crippen LogP) is 2.28. The summed E-state index contributed by atoms with van der Waals surface area (Å²) in [5.74, 6) is 3.80. The van der Waals surface area contributed by atoms with Crippen LogP contribution >= 0.6 is 11.8 Å². The van der Waals surface area contributed by atoms with Gasteiger partial charge in [-0.2, -0.15) is 16.7 Å². The quantitative estimate of drug-likeness (QED) is 0.874. The van der Waals surface area contributed by atoms with Crippen LogP contribution in [0.3, 0.4) is 0 Å². The summed E-state index contributed by atoms with van der Waals surface area (Å²) >= 11 is 1.69. The van der Waals surface area contributed by atoms with Crippen molar-refractivity contribution < 1.29 is 9.52 Å². The molecule has 0 radical (unpaired) electrons. The summed E-state index contributed by atoms with van der Waals surface area (Å²) < 4.78 is 5.59. The van der Waals surface area contributed by atoms with Crippen molar-refractivity contribution in [2.75, 3.05) is 18.1 Å². The molecule has 2 rings (SSSR count). The molecule has 2 aromatic heterocycles. The molecule has 104 valence electrons. The van der Waals surface area contributed by atoms with Crippen molar-refractivity contribution in [3.63, 3.8) is 0 Å². The molecule has 0 aliphatic heterocycles. The first-order valence-corrected chi connectivity index (χ1v) is 7.39. The molecule has 0 saturated heterocycles. The number of anilines is 1. The molecule has 0 bridgehead atoms. The molecule has 0 amide bonds. The fourth-order valence-electron chi connectivity index (χ4n) is 1.80. The monoisotopic (exact) mass is 281 g/mol. The van der Waals surface area contributed by atoms with Crippen LogP contribution < -0.4 is 5.73 Å². The third-order valence-corrected chi connectivity index (χ3v) is 4.32. The zero-order chi connectivity index (χ0) is 14.0. The number of nitrogen functional groups attached to an aromatic ring is 1. The molecule has 3 N–H and O–H groups in total. The first kappa shape index (κ1) is 14.1. The second-order valence-electron chi connectivity index (χ2n) is 4.79. The maximum absolute atomic E-state index is 8.97.